The molecule has 0 aromatic carbocycles. The van der Waals surface area contributed by atoms with E-state index in [2.05, 4.69) is 31.1 Å². The van der Waals surface area contributed by atoms with E-state index in [1.807, 2.05) is 13.8 Å². The fraction of sp³-hybridized carbons (Fsp3) is 0.774. The van der Waals surface area contributed by atoms with Crippen molar-refractivity contribution in [1.82, 2.24) is 10.3 Å². The summed E-state index contributed by atoms with van der Waals surface area (Å²) in [6, 6.07) is 4.31. The van der Waals surface area contributed by atoms with Gasteiger partial charge in [-0.3, -0.25) is 9.59 Å². The molecule has 8 heteroatoms. The molecule has 39 heavy (non-hydrogen) atoms. The summed E-state index contributed by atoms with van der Waals surface area (Å²) in [4.78, 5) is 28.0. The second-order valence-corrected chi connectivity index (χ2v) is 11.3. The molecule has 8 nitrogen and oxygen atoms in total. The monoisotopic (exact) mass is 548 g/mol. The van der Waals surface area contributed by atoms with Gasteiger partial charge in [-0.25, -0.2) is 4.98 Å². The summed E-state index contributed by atoms with van der Waals surface area (Å²) >= 11 is 0. The van der Waals surface area contributed by atoms with Gasteiger partial charge >= 0.3 is 0 Å². The van der Waals surface area contributed by atoms with Crippen molar-refractivity contribution in [2.24, 2.45) is 11.8 Å². The number of pyridine rings is 1. The predicted molar refractivity (Wildman–Crippen MR) is 153 cm³/mol. The second kappa shape index (κ2) is 19.1. The first kappa shape index (κ1) is 33.2. The first-order valence-electron chi connectivity index (χ1n) is 15.0. The third-order valence-corrected chi connectivity index (χ3v) is 7.13. The Morgan fingerprint density at radius 2 is 1.69 bits per heavy atom. The molecule has 1 aliphatic carbocycles. The van der Waals surface area contributed by atoms with Gasteiger partial charge in [-0.05, 0) is 57.4 Å². The van der Waals surface area contributed by atoms with Crippen molar-refractivity contribution in [1.29, 1.82) is 0 Å². The summed E-state index contributed by atoms with van der Waals surface area (Å²) in [6.07, 6.45) is 10.3. The number of Topliss-reactive ketones (excluding diaryl/α,β-unsaturated/α-hetero) is 2. The predicted octanol–water partition coefficient (Wildman–Crippen LogP) is 5.56. The van der Waals surface area contributed by atoms with E-state index in [9.17, 15) is 9.59 Å². The molecular weight excluding hydrogens is 496 g/mol. The summed E-state index contributed by atoms with van der Waals surface area (Å²) in [5.74, 6) is 2.13. The molecule has 0 radical (unpaired) electrons. The van der Waals surface area contributed by atoms with Crippen molar-refractivity contribution in [2.45, 2.75) is 111 Å². The molecule has 1 N–H and O–H groups in total. The molecule has 222 valence electrons. The minimum absolute atomic E-state index is 0.00190. The zero-order chi connectivity index (χ0) is 28.5. The van der Waals surface area contributed by atoms with Gasteiger partial charge in [0.1, 0.15) is 25.1 Å². The molecule has 2 atom stereocenters. The quantitative estimate of drug-likeness (QED) is 0.178. The van der Waals surface area contributed by atoms with Crippen LogP contribution in [0.2, 0.25) is 0 Å². The highest BCUT2D eigenvalue weighted by molar-refractivity contribution is 5.81. The highest BCUT2D eigenvalue weighted by atomic mass is 16.5. The van der Waals surface area contributed by atoms with E-state index in [0.717, 1.165) is 51.0 Å². The summed E-state index contributed by atoms with van der Waals surface area (Å²) in [5.41, 5.74) is 0. The van der Waals surface area contributed by atoms with Crippen LogP contribution in [0.25, 0.3) is 0 Å². The Bertz CT molecular complexity index is 810. The fourth-order valence-corrected chi connectivity index (χ4v) is 4.34. The summed E-state index contributed by atoms with van der Waals surface area (Å²) < 4.78 is 22.6. The Hall–Kier alpha value is -2.03. The number of nitrogens with zero attached hydrogens (tertiary/aromatic N) is 1. The number of aromatic nitrogens is 1. The maximum Gasteiger partial charge on any atom is 0.213 e. The van der Waals surface area contributed by atoms with E-state index in [1.165, 1.54) is 12.8 Å². The summed E-state index contributed by atoms with van der Waals surface area (Å²) in [5, 5.41) is 3.65. The number of carbonyl (C=O) groups is 2. The topological polar surface area (TPSA) is 96.0 Å². The van der Waals surface area contributed by atoms with Crippen LogP contribution in [-0.2, 0) is 19.1 Å². The van der Waals surface area contributed by atoms with Crippen LogP contribution >= 0.6 is 0 Å². The number of hydrogen-bond acceptors (Lipinski definition) is 8. The number of unbranched alkanes of at least 4 members (excludes halogenated alkanes) is 1. The average molecular weight is 549 g/mol. The Kier molecular flexibility index (Phi) is 16.3. The van der Waals surface area contributed by atoms with Crippen molar-refractivity contribution in [3.8, 4) is 11.6 Å². The summed E-state index contributed by atoms with van der Waals surface area (Å²) in [6.45, 7) is 12.8. The molecule has 1 aromatic heterocycles. The van der Waals surface area contributed by atoms with Crippen molar-refractivity contribution < 1.29 is 28.5 Å². The standard InChI is InChI=1S/C31H52N2O6/c1-6-27(34)21-38-28-13-14-31(32-20-28)39-29-18-26(19-29)33-25(5)12-11-24(4)30(35)22-37-17-9-16-36-15-8-7-10-23(2)3/h13-14,20,23-26,29,33H,6-12,15-19,21-22H2,1-5H3/t24?,25?,26-,29+. The minimum Gasteiger partial charge on any atom is -0.484 e. The smallest absolute Gasteiger partial charge is 0.213 e. The Balaban J connectivity index is 1.47. The van der Waals surface area contributed by atoms with E-state index >= 15 is 0 Å². The van der Waals surface area contributed by atoms with Gasteiger partial charge in [0.25, 0.3) is 0 Å². The molecule has 1 saturated carbocycles. The highest BCUT2D eigenvalue weighted by Gasteiger charge is 2.32. The van der Waals surface area contributed by atoms with Crippen LogP contribution in [0.1, 0.15) is 92.4 Å². The molecule has 1 heterocycles. The van der Waals surface area contributed by atoms with Crippen molar-refractivity contribution >= 4 is 11.6 Å². The maximum atomic E-state index is 12.4. The van der Waals surface area contributed by atoms with Gasteiger partial charge in [0, 0.05) is 50.3 Å². The third-order valence-electron chi connectivity index (χ3n) is 7.13. The lowest BCUT2D eigenvalue weighted by atomic mass is 9.88. The average Bonchev–Trinajstić information content (AvgIpc) is 2.90. The lowest BCUT2D eigenvalue weighted by molar-refractivity contribution is -0.127. The number of rotatable bonds is 23. The van der Waals surface area contributed by atoms with Crippen LogP contribution in [0, 0.1) is 11.8 Å². The van der Waals surface area contributed by atoms with E-state index in [1.54, 1.807) is 18.3 Å². The zero-order valence-electron chi connectivity index (χ0n) is 24.9. The Labute approximate surface area is 235 Å². The fourth-order valence-electron chi connectivity index (χ4n) is 4.34. The molecule has 0 bridgehead atoms. The lowest BCUT2D eigenvalue weighted by Gasteiger charge is -2.37. The van der Waals surface area contributed by atoms with Crippen molar-refractivity contribution in [3.05, 3.63) is 18.3 Å². The van der Waals surface area contributed by atoms with Gasteiger partial charge in [0.05, 0.1) is 6.20 Å². The van der Waals surface area contributed by atoms with Gasteiger partial charge < -0.3 is 24.3 Å². The third kappa shape index (κ3) is 14.8. The van der Waals surface area contributed by atoms with Crippen molar-refractivity contribution in [2.75, 3.05) is 33.0 Å². The van der Waals surface area contributed by atoms with Gasteiger partial charge in [0.15, 0.2) is 11.6 Å². The lowest BCUT2D eigenvalue weighted by Crippen LogP contribution is -2.49. The molecule has 2 unspecified atom stereocenters. The van der Waals surface area contributed by atoms with Gasteiger partial charge in [-0.1, -0.05) is 40.5 Å². The molecule has 1 aliphatic rings. The normalized spacial score (nSPS) is 18.4. The minimum atomic E-state index is 0.00190. The van der Waals surface area contributed by atoms with Crippen LogP contribution < -0.4 is 14.8 Å². The van der Waals surface area contributed by atoms with Crippen LogP contribution in [0.3, 0.4) is 0 Å². The van der Waals surface area contributed by atoms with E-state index in [-0.39, 0.29) is 36.8 Å². The van der Waals surface area contributed by atoms with E-state index < -0.39 is 0 Å². The second-order valence-electron chi connectivity index (χ2n) is 11.3. The molecule has 2 rings (SSSR count). The van der Waals surface area contributed by atoms with Crippen LogP contribution in [0.5, 0.6) is 11.6 Å². The largest absolute Gasteiger partial charge is 0.484 e. The Morgan fingerprint density at radius 3 is 2.38 bits per heavy atom. The SMILES string of the molecule is CCC(=O)COc1ccc(O[C@H]2C[C@@H](NC(C)CCC(C)C(=O)COCCCOCCCCC(C)C)C2)nc1. The maximum absolute atomic E-state index is 12.4. The van der Waals surface area contributed by atoms with E-state index in [0.29, 0.717) is 43.3 Å². The van der Waals surface area contributed by atoms with Gasteiger partial charge in [-0.15, -0.1) is 0 Å². The zero-order valence-corrected chi connectivity index (χ0v) is 24.9. The first-order valence-corrected chi connectivity index (χ1v) is 15.0. The van der Waals surface area contributed by atoms with Crippen LogP contribution in [-0.4, -0.2) is 67.8 Å². The van der Waals surface area contributed by atoms with Gasteiger partial charge in [-0.2, -0.15) is 0 Å². The molecule has 1 aromatic rings. The Morgan fingerprint density at radius 1 is 0.949 bits per heavy atom. The van der Waals surface area contributed by atoms with Crippen LogP contribution in [0.4, 0.5) is 0 Å². The molecular formula is C31H52N2O6. The summed E-state index contributed by atoms with van der Waals surface area (Å²) in [7, 11) is 0. The van der Waals surface area contributed by atoms with Crippen molar-refractivity contribution in [3.63, 3.8) is 0 Å². The number of ketones is 2. The van der Waals surface area contributed by atoms with E-state index in [4.69, 9.17) is 18.9 Å². The molecule has 0 spiro atoms. The molecule has 0 aliphatic heterocycles. The van der Waals surface area contributed by atoms with Crippen LogP contribution in [0.15, 0.2) is 18.3 Å². The number of nitrogens with one attached hydrogen (secondary N) is 1. The molecule has 0 saturated heterocycles. The highest BCUT2D eigenvalue weighted by Crippen LogP contribution is 2.26. The number of carbonyl (C=O) groups excluding carboxylic acids is 2. The molecule has 0 amide bonds. The first-order chi connectivity index (χ1) is 18.8. The number of ether oxygens (including phenoxy) is 4. The van der Waals surface area contributed by atoms with Gasteiger partial charge in [0.2, 0.25) is 5.88 Å². The molecule has 1 fully saturated rings. The number of hydrogen-bond donors (Lipinski definition) is 1.